The van der Waals surface area contributed by atoms with Crippen LogP contribution >= 0.6 is 23.2 Å². The third-order valence-corrected chi connectivity index (χ3v) is 4.52. The number of ether oxygens (including phenoxy) is 2. The molecular weight excluding hydrogens is 355 g/mol. The van der Waals surface area contributed by atoms with Gasteiger partial charge in [-0.1, -0.05) is 23.2 Å². The van der Waals surface area contributed by atoms with E-state index >= 15 is 0 Å². The van der Waals surface area contributed by atoms with Crippen molar-refractivity contribution in [2.75, 3.05) is 46.0 Å². The minimum absolute atomic E-state index is 0.0763. The molecule has 2 fully saturated rings. The molecule has 130 valence electrons. The Morgan fingerprint density at radius 1 is 0.958 bits per heavy atom. The summed E-state index contributed by atoms with van der Waals surface area (Å²) in [6.07, 6.45) is -0.535. The molecule has 1 aromatic rings. The van der Waals surface area contributed by atoms with Gasteiger partial charge in [-0.3, -0.25) is 9.59 Å². The first-order chi connectivity index (χ1) is 11.5. The van der Waals surface area contributed by atoms with Crippen LogP contribution in [0.15, 0.2) is 18.2 Å². The Morgan fingerprint density at radius 3 is 2.17 bits per heavy atom. The number of nitrogens with zero attached hydrogens (tertiary/aromatic N) is 2. The maximum Gasteiger partial charge on any atom is 0.254 e. The summed E-state index contributed by atoms with van der Waals surface area (Å²) in [7, 11) is 0. The summed E-state index contributed by atoms with van der Waals surface area (Å²) >= 11 is 11.9. The van der Waals surface area contributed by atoms with E-state index in [1.807, 2.05) is 0 Å². The Kier molecular flexibility index (Phi) is 5.61. The molecule has 2 heterocycles. The standard InChI is InChI=1S/C16H18Cl2N2O4/c17-12-7-11(8-13(18)9-12)15(21)19-1-3-20(4-2-19)16(22)14-10-23-5-6-24-14/h7-9,14H,1-6,10H2. The second-order valence-corrected chi connectivity index (χ2v) is 6.58. The highest BCUT2D eigenvalue weighted by molar-refractivity contribution is 6.35. The van der Waals surface area contributed by atoms with Crippen LogP contribution in [0.2, 0.25) is 10.0 Å². The van der Waals surface area contributed by atoms with E-state index in [2.05, 4.69) is 0 Å². The fourth-order valence-electron chi connectivity index (χ4n) is 2.82. The lowest BCUT2D eigenvalue weighted by Gasteiger charge is -2.37. The van der Waals surface area contributed by atoms with E-state index in [9.17, 15) is 9.59 Å². The van der Waals surface area contributed by atoms with Crippen LogP contribution in [0.1, 0.15) is 10.4 Å². The fourth-order valence-corrected chi connectivity index (χ4v) is 3.35. The van der Waals surface area contributed by atoms with Gasteiger partial charge >= 0.3 is 0 Å². The number of hydrogen-bond acceptors (Lipinski definition) is 4. The molecule has 24 heavy (non-hydrogen) atoms. The molecule has 0 N–H and O–H groups in total. The quantitative estimate of drug-likeness (QED) is 0.792. The van der Waals surface area contributed by atoms with Crippen LogP contribution in [0.25, 0.3) is 0 Å². The molecule has 1 unspecified atom stereocenters. The lowest BCUT2D eigenvalue weighted by Crippen LogP contribution is -2.54. The molecule has 1 atom stereocenters. The number of rotatable bonds is 2. The maximum atomic E-state index is 12.5. The van der Waals surface area contributed by atoms with Gasteiger partial charge in [-0.25, -0.2) is 0 Å². The van der Waals surface area contributed by atoms with Gasteiger partial charge in [0.2, 0.25) is 0 Å². The smallest absolute Gasteiger partial charge is 0.254 e. The van der Waals surface area contributed by atoms with Gasteiger partial charge < -0.3 is 19.3 Å². The zero-order valence-electron chi connectivity index (χ0n) is 13.0. The SMILES string of the molecule is O=C(c1cc(Cl)cc(Cl)c1)N1CCN(C(=O)C2COCCO2)CC1. The number of piperazine rings is 1. The molecule has 0 radical (unpaired) electrons. The lowest BCUT2D eigenvalue weighted by molar-refractivity contribution is -0.159. The second kappa shape index (κ2) is 7.70. The Hall–Kier alpha value is -1.34. The number of carbonyl (C=O) groups is 2. The van der Waals surface area contributed by atoms with Gasteiger partial charge in [0.25, 0.3) is 11.8 Å². The highest BCUT2D eigenvalue weighted by Crippen LogP contribution is 2.21. The highest BCUT2D eigenvalue weighted by Gasteiger charge is 2.31. The summed E-state index contributed by atoms with van der Waals surface area (Å²) in [5.41, 5.74) is 0.455. The summed E-state index contributed by atoms with van der Waals surface area (Å²) in [4.78, 5) is 28.3. The van der Waals surface area contributed by atoms with Crippen molar-refractivity contribution in [3.63, 3.8) is 0 Å². The van der Waals surface area contributed by atoms with Crippen molar-refractivity contribution in [3.05, 3.63) is 33.8 Å². The monoisotopic (exact) mass is 372 g/mol. The largest absolute Gasteiger partial charge is 0.376 e. The first-order valence-corrected chi connectivity index (χ1v) is 8.53. The van der Waals surface area contributed by atoms with Gasteiger partial charge in [0.15, 0.2) is 6.10 Å². The molecular formula is C16H18Cl2N2O4. The Bertz CT molecular complexity index is 606. The van der Waals surface area contributed by atoms with Crippen LogP contribution in [-0.2, 0) is 14.3 Å². The topological polar surface area (TPSA) is 59.1 Å². The number of carbonyl (C=O) groups excluding carboxylic acids is 2. The fraction of sp³-hybridized carbons (Fsp3) is 0.500. The third-order valence-electron chi connectivity index (χ3n) is 4.08. The van der Waals surface area contributed by atoms with Crippen LogP contribution < -0.4 is 0 Å². The number of amides is 2. The zero-order chi connectivity index (χ0) is 17.1. The van der Waals surface area contributed by atoms with E-state index in [1.54, 1.807) is 28.0 Å². The molecule has 2 aliphatic heterocycles. The van der Waals surface area contributed by atoms with Crippen molar-refractivity contribution in [2.45, 2.75) is 6.10 Å². The molecule has 6 nitrogen and oxygen atoms in total. The van der Waals surface area contributed by atoms with Crippen LogP contribution in [-0.4, -0.2) is 73.7 Å². The average Bonchev–Trinajstić information content (AvgIpc) is 2.60. The highest BCUT2D eigenvalue weighted by atomic mass is 35.5. The van der Waals surface area contributed by atoms with E-state index in [1.165, 1.54) is 0 Å². The van der Waals surface area contributed by atoms with Crippen molar-refractivity contribution >= 4 is 35.0 Å². The lowest BCUT2D eigenvalue weighted by atomic mass is 10.1. The van der Waals surface area contributed by atoms with Crippen molar-refractivity contribution in [3.8, 4) is 0 Å². The van der Waals surface area contributed by atoms with Crippen molar-refractivity contribution in [2.24, 2.45) is 0 Å². The molecule has 0 bridgehead atoms. The minimum atomic E-state index is -0.535. The Morgan fingerprint density at radius 2 is 1.58 bits per heavy atom. The molecule has 0 spiro atoms. The summed E-state index contributed by atoms with van der Waals surface area (Å²) < 4.78 is 10.7. The summed E-state index contributed by atoms with van der Waals surface area (Å²) in [6.45, 7) is 3.11. The van der Waals surface area contributed by atoms with Crippen molar-refractivity contribution < 1.29 is 19.1 Å². The zero-order valence-corrected chi connectivity index (χ0v) is 14.6. The van der Waals surface area contributed by atoms with Crippen LogP contribution in [0, 0.1) is 0 Å². The van der Waals surface area contributed by atoms with E-state index in [0.717, 1.165) is 0 Å². The van der Waals surface area contributed by atoms with Gasteiger partial charge in [-0.2, -0.15) is 0 Å². The Labute approximate surface area is 150 Å². The van der Waals surface area contributed by atoms with E-state index in [4.69, 9.17) is 32.7 Å². The molecule has 2 amide bonds. The first kappa shape index (κ1) is 17.5. The molecule has 8 heteroatoms. The normalized spacial score (nSPS) is 21.7. The first-order valence-electron chi connectivity index (χ1n) is 7.78. The van der Waals surface area contributed by atoms with Crippen LogP contribution in [0.5, 0.6) is 0 Å². The van der Waals surface area contributed by atoms with Crippen molar-refractivity contribution in [1.29, 1.82) is 0 Å². The van der Waals surface area contributed by atoms with E-state index in [0.29, 0.717) is 61.6 Å². The molecule has 0 saturated carbocycles. The molecule has 3 rings (SSSR count). The molecule has 0 aliphatic carbocycles. The summed E-state index contributed by atoms with van der Waals surface area (Å²) in [5.74, 6) is -0.212. The summed E-state index contributed by atoms with van der Waals surface area (Å²) in [6, 6.07) is 4.78. The van der Waals surface area contributed by atoms with Crippen molar-refractivity contribution in [1.82, 2.24) is 9.80 Å². The predicted octanol–water partition coefficient (Wildman–Crippen LogP) is 1.69. The second-order valence-electron chi connectivity index (χ2n) is 5.71. The summed E-state index contributed by atoms with van der Waals surface area (Å²) in [5, 5.41) is 0.850. The minimum Gasteiger partial charge on any atom is -0.376 e. The van der Waals surface area contributed by atoms with Gasteiger partial charge in [0.1, 0.15) is 0 Å². The third kappa shape index (κ3) is 4.00. The van der Waals surface area contributed by atoms with Crippen LogP contribution in [0.4, 0.5) is 0 Å². The van der Waals surface area contributed by atoms with E-state index < -0.39 is 6.10 Å². The maximum absolute atomic E-state index is 12.5. The number of halogens is 2. The van der Waals surface area contributed by atoms with E-state index in [-0.39, 0.29) is 11.8 Å². The molecule has 2 saturated heterocycles. The Balaban J connectivity index is 1.58. The molecule has 0 aromatic heterocycles. The van der Waals surface area contributed by atoms with Gasteiger partial charge in [0.05, 0.1) is 19.8 Å². The predicted molar refractivity (Wildman–Crippen MR) is 89.5 cm³/mol. The van der Waals surface area contributed by atoms with Crippen LogP contribution in [0.3, 0.4) is 0 Å². The molecule has 2 aliphatic rings. The number of hydrogen-bond donors (Lipinski definition) is 0. The number of benzene rings is 1. The van der Waals surface area contributed by atoms with Gasteiger partial charge in [-0.15, -0.1) is 0 Å². The van der Waals surface area contributed by atoms with Gasteiger partial charge in [-0.05, 0) is 18.2 Å². The molecule has 1 aromatic carbocycles. The van der Waals surface area contributed by atoms with Gasteiger partial charge in [0, 0.05) is 41.8 Å². The average molecular weight is 373 g/mol.